The fourth-order valence-corrected chi connectivity index (χ4v) is 9.36. The monoisotopic (exact) mass is 610 g/mol. The van der Waals surface area contributed by atoms with Crippen LogP contribution in [-0.4, -0.2) is 63.3 Å². The van der Waals surface area contributed by atoms with Gasteiger partial charge in [-0.1, -0.05) is 37.1 Å². The summed E-state index contributed by atoms with van der Waals surface area (Å²) in [6.45, 7) is 3.60. The molecule has 3 N–H and O–H groups in total. The zero-order valence-corrected chi connectivity index (χ0v) is 24.9. The Morgan fingerprint density at radius 2 is 2.04 bits per heavy atom. The molecular formula is C35H33F3N6O. The number of hydrogen-bond acceptors (Lipinski definition) is 7. The minimum Gasteiger partial charge on any atom is -0.461 e. The summed E-state index contributed by atoms with van der Waals surface area (Å²) in [6.07, 6.45) is 8.77. The second kappa shape index (κ2) is 9.30. The quantitative estimate of drug-likeness (QED) is 0.279. The molecule has 3 aliphatic heterocycles. The summed E-state index contributed by atoms with van der Waals surface area (Å²) in [6, 6.07) is 9.33. The van der Waals surface area contributed by atoms with Crippen molar-refractivity contribution in [2.45, 2.75) is 62.8 Å². The van der Waals surface area contributed by atoms with E-state index in [9.17, 15) is 8.78 Å². The largest absolute Gasteiger partial charge is 0.461 e. The van der Waals surface area contributed by atoms with Gasteiger partial charge in [-0.15, -0.1) is 6.42 Å². The Kier molecular flexibility index (Phi) is 5.66. The summed E-state index contributed by atoms with van der Waals surface area (Å²) in [5.74, 6) is 2.05. The van der Waals surface area contributed by atoms with Crippen molar-refractivity contribution in [2.75, 3.05) is 25.4 Å². The van der Waals surface area contributed by atoms with Crippen LogP contribution in [0.2, 0.25) is 0 Å². The molecular weight excluding hydrogens is 577 g/mol. The molecule has 7 nitrogen and oxygen atoms in total. The average molecular weight is 611 g/mol. The number of terminal acetylenes is 1. The van der Waals surface area contributed by atoms with E-state index in [0.29, 0.717) is 70.2 Å². The highest BCUT2D eigenvalue weighted by Crippen LogP contribution is 2.79. The second-order valence-corrected chi connectivity index (χ2v) is 13.9. The van der Waals surface area contributed by atoms with E-state index in [1.807, 2.05) is 6.07 Å². The number of benzene rings is 2. The lowest BCUT2D eigenvalue weighted by atomic mass is 9.93. The molecule has 4 aromatic rings. The standard InChI is InChI=1S/C35H33F3N6O/c1-3-20-22(37)9-8-18-6-4-7-21(25(18)20)29-28(38)30-26(23(40-29)12-17(2)27-31-35(27)14-24(35)41-31)32(39)43-33(42-30)45-16-34-10-5-11-44(34)15-19(36)13-34/h1,4,6-9,17,19,24,27,31,41H,5,10-16H2,2H3,(H2,39,42,43)/t17-,19+,24-,27-,31+,34-,35?/m0/s1. The molecule has 7 atom stereocenters. The van der Waals surface area contributed by atoms with Gasteiger partial charge < -0.3 is 15.8 Å². The first-order valence-electron chi connectivity index (χ1n) is 15.9. The number of alkyl halides is 1. The number of pyridine rings is 1. The fourth-order valence-electron chi connectivity index (χ4n) is 9.36. The summed E-state index contributed by atoms with van der Waals surface area (Å²) >= 11 is 0. The normalized spacial score (nSPS) is 31.6. The van der Waals surface area contributed by atoms with Crippen molar-refractivity contribution in [3.05, 3.63) is 53.2 Å². The van der Waals surface area contributed by atoms with Crippen LogP contribution in [0.25, 0.3) is 32.9 Å². The highest BCUT2D eigenvalue weighted by atomic mass is 19.1. The van der Waals surface area contributed by atoms with Crippen LogP contribution < -0.4 is 15.8 Å². The van der Waals surface area contributed by atoms with E-state index in [1.165, 1.54) is 12.5 Å². The van der Waals surface area contributed by atoms with Gasteiger partial charge in [0.1, 0.15) is 35.6 Å². The first-order valence-corrected chi connectivity index (χ1v) is 15.9. The number of fused-ring (bicyclic) bond motifs is 3. The Morgan fingerprint density at radius 1 is 1.18 bits per heavy atom. The van der Waals surface area contributed by atoms with Crippen molar-refractivity contribution < 1.29 is 17.9 Å². The second-order valence-electron chi connectivity index (χ2n) is 13.9. The van der Waals surface area contributed by atoms with Crippen molar-refractivity contribution in [3.63, 3.8) is 0 Å². The lowest BCUT2D eigenvalue weighted by molar-refractivity contribution is 0.107. The van der Waals surface area contributed by atoms with Crippen LogP contribution in [0.3, 0.4) is 0 Å². The van der Waals surface area contributed by atoms with E-state index in [4.69, 9.17) is 21.9 Å². The summed E-state index contributed by atoms with van der Waals surface area (Å²) in [5.41, 5.74) is 7.58. The van der Waals surface area contributed by atoms with Gasteiger partial charge in [0.15, 0.2) is 5.82 Å². The topological polar surface area (TPSA) is 89.2 Å². The summed E-state index contributed by atoms with van der Waals surface area (Å²) < 4.78 is 52.2. The summed E-state index contributed by atoms with van der Waals surface area (Å²) in [5, 5.41) is 5.07. The number of ether oxygens (including phenoxy) is 1. The van der Waals surface area contributed by atoms with Crippen molar-refractivity contribution in [2.24, 2.45) is 17.3 Å². The first-order chi connectivity index (χ1) is 21.7. The van der Waals surface area contributed by atoms with E-state index in [-0.39, 0.29) is 41.1 Å². The molecule has 230 valence electrons. The molecule has 0 radical (unpaired) electrons. The highest BCUT2D eigenvalue weighted by molar-refractivity contribution is 6.02. The highest BCUT2D eigenvalue weighted by Gasteiger charge is 2.86. The number of aromatic nitrogens is 3. The number of halogens is 3. The van der Waals surface area contributed by atoms with Crippen LogP contribution in [0.1, 0.15) is 43.9 Å². The van der Waals surface area contributed by atoms with Gasteiger partial charge >= 0.3 is 6.01 Å². The van der Waals surface area contributed by atoms with Crippen LogP contribution in [-0.2, 0) is 6.42 Å². The van der Waals surface area contributed by atoms with E-state index in [2.05, 4.69) is 33.0 Å². The molecule has 2 aromatic heterocycles. The Balaban J connectivity index is 1.18. The first kappa shape index (κ1) is 27.4. The van der Waals surface area contributed by atoms with E-state index in [1.54, 1.807) is 18.2 Å². The van der Waals surface area contributed by atoms with Crippen LogP contribution in [0.5, 0.6) is 6.01 Å². The molecule has 2 aromatic carbocycles. The number of nitrogens with one attached hydrogen (secondary N) is 1. The molecule has 5 heterocycles. The maximum Gasteiger partial charge on any atom is 0.319 e. The number of rotatable bonds is 7. The molecule has 0 amide bonds. The molecule has 1 spiro atoms. The van der Waals surface area contributed by atoms with Crippen LogP contribution in [0.4, 0.5) is 19.0 Å². The number of nitrogens with zero attached hydrogens (tertiary/aromatic N) is 4. The van der Waals surface area contributed by atoms with Crippen LogP contribution in [0, 0.1) is 41.2 Å². The lowest BCUT2D eigenvalue weighted by Gasteiger charge is -2.30. The fraction of sp³-hybridized carbons (Fsp3) is 0.457. The van der Waals surface area contributed by atoms with Crippen molar-refractivity contribution >= 4 is 27.5 Å². The van der Waals surface area contributed by atoms with Crippen molar-refractivity contribution in [1.29, 1.82) is 0 Å². The third kappa shape index (κ3) is 3.77. The van der Waals surface area contributed by atoms with Gasteiger partial charge in [0.25, 0.3) is 0 Å². The Labute approximate surface area is 258 Å². The number of nitrogens with two attached hydrogens (primary N) is 1. The molecule has 45 heavy (non-hydrogen) atoms. The molecule has 2 saturated carbocycles. The molecule has 1 unspecified atom stereocenters. The van der Waals surface area contributed by atoms with Crippen LogP contribution >= 0.6 is 0 Å². The zero-order chi connectivity index (χ0) is 30.8. The number of piperidine rings is 1. The van der Waals surface area contributed by atoms with E-state index < -0.39 is 23.3 Å². The van der Waals surface area contributed by atoms with Crippen LogP contribution in [0.15, 0.2) is 30.3 Å². The predicted molar refractivity (Wildman–Crippen MR) is 165 cm³/mol. The molecule has 9 rings (SSSR count). The minimum absolute atomic E-state index is 0.00436. The predicted octanol–water partition coefficient (Wildman–Crippen LogP) is 5.18. The van der Waals surface area contributed by atoms with Gasteiger partial charge in [0.05, 0.1) is 22.2 Å². The third-order valence-corrected chi connectivity index (χ3v) is 11.5. The van der Waals surface area contributed by atoms with Gasteiger partial charge in [-0.2, -0.15) is 9.97 Å². The molecule has 10 heteroatoms. The molecule has 3 saturated heterocycles. The van der Waals surface area contributed by atoms with Gasteiger partial charge in [0, 0.05) is 41.4 Å². The van der Waals surface area contributed by atoms with E-state index in [0.717, 1.165) is 19.4 Å². The minimum atomic E-state index is -0.909. The van der Waals surface area contributed by atoms with E-state index >= 15 is 4.39 Å². The number of nitrogen functional groups attached to an aromatic ring is 1. The SMILES string of the molecule is C#Cc1c(F)ccc2cccc(-c3nc(C[C@H](C)[C@H]4[C@H]5N[C@H]6CC465)c4c(N)nc(OC[C@@]56CCCN5C[C@H](F)C6)nc4c3F)c12. The van der Waals surface area contributed by atoms with Crippen molar-refractivity contribution in [1.82, 2.24) is 25.2 Å². The molecule has 0 bridgehead atoms. The summed E-state index contributed by atoms with van der Waals surface area (Å²) in [4.78, 5) is 16.1. The smallest absolute Gasteiger partial charge is 0.319 e. The Morgan fingerprint density at radius 3 is 2.80 bits per heavy atom. The lowest BCUT2D eigenvalue weighted by Crippen LogP contribution is -2.43. The Bertz CT molecular complexity index is 1980. The maximum atomic E-state index is 16.8. The van der Waals surface area contributed by atoms with Gasteiger partial charge in [-0.05, 0) is 55.5 Å². The average Bonchev–Trinajstić information content (AvgIpc) is 3.57. The number of anilines is 1. The number of hydrogen-bond donors (Lipinski definition) is 2. The molecule has 5 fully saturated rings. The maximum absolute atomic E-state index is 16.8. The Hall–Kier alpha value is -3.94. The molecule has 5 aliphatic rings. The van der Waals surface area contributed by atoms with Crippen molar-refractivity contribution in [3.8, 4) is 29.6 Å². The molecule has 2 aliphatic carbocycles. The zero-order valence-electron chi connectivity index (χ0n) is 24.9. The van der Waals surface area contributed by atoms with Gasteiger partial charge in [-0.25, -0.2) is 18.2 Å². The summed E-state index contributed by atoms with van der Waals surface area (Å²) in [7, 11) is 0. The third-order valence-electron chi connectivity index (χ3n) is 11.5. The van der Waals surface area contributed by atoms with Gasteiger partial charge in [0.2, 0.25) is 0 Å². The van der Waals surface area contributed by atoms with Gasteiger partial charge in [-0.3, -0.25) is 4.90 Å².